The molecule has 1 saturated carbocycles. The average Bonchev–Trinajstić information content (AvgIpc) is 2.71. The number of aromatic nitrogens is 1. The maximum atomic E-state index is 12.6. The molecule has 5 atom stereocenters. The standard InChI is InChI=1S/C24H32N2O3/c1-16-6-8-19-21(13-16)29-22(15-24(19,2)26-23(27)10-12-28-3)18-7-9-20-17(14-18)5-4-11-25-20/h4-5,7,9,11,14,16,19,21-22H,6,8,10,12-13,15H2,1-3H3,(H,26,27)/t16-,19-,21-,22-,24-/m1/s1. The van der Waals surface area contributed by atoms with Gasteiger partial charge in [0.05, 0.1) is 24.3 Å². The van der Waals surface area contributed by atoms with Crippen molar-refractivity contribution in [3.05, 3.63) is 42.1 Å². The molecule has 1 N–H and O–H groups in total. The van der Waals surface area contributed by atoms with Gasteiger partial charge in [0.2, 0.25) is 5.91 Å². The fraction of sp³-hybridized carbons (Fsp3) is 0.583. The van der Waals surface area contributed by atoms with Crippen LogP contribution in [-0.4, -0.2) is 36.3 Å². The number of nitrogens with zero attached hydrogens (tertiary/aromatic N) is 1. The van der Waals surface area contributed by atoms with Gasteiger partial charge in [0.15, 0.2) is 0 Å². The second kappa shape index (κ2) is 8.41. The summed E-state index contributed by atoms with van der Waals surface area (Å²) >= 11 is 0. The van der Waals surface area contributed by atoms with E-state index in [4.69, 9.17) is 9.47 Å². The Morgan fingerprint density at radius 1 is 1.34 bits per heavy atom. The van der Waals surface area contributed by atoms with Gasteiger partial charge in [-0.3, -0.25) is 9.78 Å². The van der Waals surface area contributed by atoms with Crippen LogP contribution in [0.5, 0.6) is 0 Å². The molecular weight excluding hydrogens is 364 g/mol. The molecule has 1 saturated heterocycles. The van der Waals surface area contributed by atoms with Gasteiger partial charge in [-0.1, -0.05) is 25.5 Å². The highest BCUT2D eigenvalue weighted by Gasteiger charge is 2.49. The third-order valence-corrected chi connectivity index (χ3v) is 6.78. The van der Waals surface area contributed by atoms with Gasteiger partial charge in [-0.25, -0.2) is 0 Å². The molecule has 1 amide bonds. The first-order valence-electron chi connectivity index (χ1n) is 10.8. The highest BCUT2D eigenvalue weighted by atomic mass is 16.5. The Labute approximate surface area is 173 Å². The summed E-state index contributed by atoms with van der Waals surface area (Å²) in [5.41, 5.74) is 1.88. The first-order valence-corrected chi connectivity index (χ1v) is 10.8. The summed E-state index contributed by atoms with van der Waals surface area (Å²) in [7, 11) is 1.63. The first kappa shape index (κ1) is 20.3. The molecule has 1 aromatic heterocycles. The number of fused-ring (bicyclic) bond motifs is 2. The zero-order valence-corrected chi connectivity index (χ0v) is 17.7. The lowest BCUT2D eigenvalue weighted by Crippen LogP contribution is -2.60. The lowest BCUT2D eigenvalue weighted by Gasteiger charge is -2.52. The molecule has 2 aromatic rings. The highest BCUT2D eigenvalue weighted by Crippen LogP contribution is 2.48. The molecule has 1 aliphatic carbocycles. The van der Waals surface area contributed by atoms with E-state index in [0.29, 0.717) is 24.9 Å². The molecule has 0 radical (unpaired) electrons. The van der Waals surface area contributed by atoms with Crippen LogP contribution in [0.4, 0.5) is 0 Å². The zero-order valence-electron chi connectivity index (χ0n) is 17.7. The zero-order chi connectivity index (χ0) is 20.4. The number of hydrogen-bond acceptors (Lipinski definition) is 4. The molecule has 1 aromatic carbocycles. The van der Waals surface area contributed by atoms with Crippen molar-refractivity contribution in [2.45, 2.75) is 63.7 Å². The van der Waals surface area contributed by atoms with Crippen molar-refractivity contribution in [2.24, 2.45) is 11.8 Å². The smallest absolute Gasteiger partial charge is 0.222 e. The second-order valence-electron chi connectivity index (χ2n) is 9.06. The van der Waals surface area contributed by atoms with Gasteiger partial charge in [-0.15, -0.1) is 0 Å². The van der Waals surface area contributed by atoms with Crippen LogP contribution in [0.2, 0.25) is 0 Å². The second-order valence-corrected chi connectivity index (χ2v) is 9.06. The third-order valence-electron chi connectivity index (χ3n) is 6.78. The van der Waals surface area contributed by atoms with Crippen LogP contribution in [0.15, 0.2) is 36.5 Å². The van der Waals surface area contributed by atoms with Gasteiger partial charge < -0.3 is 14.8 Å². The quantitative estimate of drug-likeness (QED) is 0.813. The first-order chi connectivity index (χ1) is 14.0. The van der Waals surface area contributed by atoms with Crippen LogP contribution in [-0.2, 0) is 14.3 Å². The molecule has 2 heterocycles. The minimum absolute atomic E-state index is 0.0288. The SMILES string of the molecule is COCCC(=O)N[C@]1(C)C[C@H](c2ccc3ncccc3c2)O[C@@H]2C[C@H](C)CC[C@H]21. The molecule has 2 fully saturated rings. The fourth-order valence-corrected chi connectivity index (χ4v) is 5.21. The Kier molecular flexibility index (Phi) is 5.88. The minimum Gasteiger partial charge on any atom is -0.384 e. The third kappa shape index (κ3) is 4.31. The van der Waals surface area contributed by atoms with Gasteiger partial charge in [0.1, 0.15) is 0 Å². The lowest BCUT2D eigenvalue weighted by atomic mass is 9.66. The topological polar surface area (TPSA) is 60.5 Å². The fourth-order valence-electron chi connectivity index (χ4n) is 5.21. The van der Waals surface area contributed by atoms with Crippen molar-refractivity contribution in [1.29, 1.82) is 0 Å². The molecule has 5 nitrogen and oxygen atoms in total. The van der Waals surface area contributed by atoms with Gasteiger partial charge in [-0.2, -0.15) is 0 Å². The molecule has 156 valence electrons. The summed E-state index contributed by atoms with van der Waals surface area (Å²) in [5.74, 6) is 1.07. The molecule has 29 heavy (non-hydrogen) atoms. The molecule has 0 bridgehead atoms. The number of carbonyl (C=O) groups excluding carboxylic acids is 1. The summed E-state index contributed by atoms with van der Waals surface area (Å²) in [4.78, 5) is 17.0. The van der Waals surface area contributed by atoms with Gasteiger partial charge in [-0.05, 0) is 49.4 Å². The summed E-state index contributed by atoms with van der Waals surface area (Å²) in [6.07, 6.45) is 6.50. The Morgan fingerprint density at radius 2 is 2.21 bits per heavy atom. The van der Waals surface area contributed by atoms with Gasteiger partial charge >= 0.3 is 0 Å². The van der Waals surface area contributed by atoms with E-state index in [1.54, 1.807) is 7.11 Å². The molecular formula is C24H32N2O3. The summed E-state index contributed by atoms with van der Waals surface area (Å²) < 4.78 is 11.8. The number of amides is 1. The Morgan fingerprint density at radius 3 is 3.03 bits per heavy atom. The van der Waals surface area contributed by atoms with E-state index in [1.807, 2.05) is 12.3 Å². The number of rotatable bonds is 5. The molecule has 1 aliphatic heterocycles. The van der Waals surface area contributed by atoms with E-state index in [0.717, 1.165) is 30.2 Å². The number of ether oxygens (including phenoxy) is 2. The lowest BCUT2D eigenvalue weighted by molar-refractivity contribution is -0.154. The molecule has 4 rings (SSSR count). The molecule has 5 heteroatoms. The summed E-state index contributed by atoms with van der Waals surface area (Å²) in [6.45, 7) is 4.97. The molecule has 0 spiro atoms. The monoisotopic (exact) mass is 396 g/mol. The largest absolute Gasteiger partial charge is 0.384 e. The molecule has 0 unspecified atom stereocenters. The highest BCUT2D eigenvalue weighted by molar-refractivity contribution is 5.79. The Bertz CT molecular complexity index is 870. The van der Waals surface area contributed by atoms with Crippen molar-refractivity contribution in [2.75, 3.05) is 13.7 Å². The maximum Gasteiger partial charge on any atom is 0.222 e. The number of pyridine rings is 1. The normalized spacial score (nSPS) is 32.0. The summed E-state index contributed by atoms with van der Waals surface area (Å²) in [5, 5.41) is 4.49. The predicted molar refractivity (Wildman–Crippen MR) is 114 cm³/mol. The van der Waals surface area contributed by atoms with E-state index in [9.17, 15) is 4.79 Å². The van der Waals surface area contributed by atoms with E-state index >= 15 is 0 Å². The predicted octanol–water partition coefficient (Wildman–Crippen LogP) is 4.41. The number of methoxy groups -OCH3 is 1. The molecule has 2 aliphatic rings. The maximum absolute atomic E-state index is 12.6. The van der Waals surface area contributed by atoms with E-state index < -0.39 is 0 Å². The van der Waals surface area contributed by atoms with Crippen LogP contribution in [0, 0.1) is 11.8 Å². The van der Waals surface area contributed by atoms with Crippen molar-refractivity contribution in [3.8, 4) is 0 Å². The van der Waals surface area contributed by atoms with Crippen molar-refractivity contribution >= 4 is 16.8 Å². The van der Waals surface area contributed by atoms with Crippen LogP contribution in [0.25, 0.3) is 10.9 Å². The number of carbonyl (C=O) groups is 1. The van der Waals surface area contributed by atoms with Crippen molar-refractivity contribution in [1.82, 2.24) is 10.3 Å². The van der Waals surface area contributed by atoms with Crippen molar-refractivity contribution in [3.63, 3.8) is 0 Å². The van der Waals surface area contributed by atoms with Crippen LogP contribution in [0.3, 0.4) is 0 Å². The average molecular weight is 397 g/mol. The van der Waals surface area contributed by atoms with E-state index in [2.05, 4.69) is 48.4 Å². The van der Waals surface area contributed by atoms with Crippen LogP contribution < -0.4 is 5.32 Å². The van der Waals surface area contributed by atoms with E-state index in [-0.39, 0.29) is 23.7 Å². The number of benzene rings is 1. The Balaban J connectivity index is 1.61. The summed E-state index contributed by atoms with van der Waals surface area (Å²) in [6, 6.07) is 10.4. The minimum atomic E-state index is -0.275. The number of hydrogen-bond donors (Lipinski definition) is 1. The Hall–Kier alpha value is -1.98. The van der Waals surface area contributed by atoms with Crippen molar-refractivity contribution < 1.29 is 14.3 Å². The van der Waals surface area contributed by atoms with Gasteiger partial charge in [0.25, 0.3) is 0 Å². The van der Waals surface area contributed by atoms with E-state index in [1.165, 1.54) is 12.0 Å². The van der Waals surface area contributed by atoms with Crippen LogP contribution in [0.1, 0.15) is 57.6 Å². The van der Waals surface area contributed by atoms with Crippen LogP contribution >= 0.6 is 0 Å². The van der Waals surface area contributed by atoms with Gasteiger partial charge in [0, 0.05) is 43.0 Å². The number of nitrogens with one attached hydrogen (secondary N) is 1.